The van der Waals surface area contributed by atoms with Crippen LogP contribution in [-0.4, -0.2) is 27.9 Å². The molecule has 1 aliphatic rings. The van der Waals surface area contributed by atoms with Crippen LogP contribution in [0.2, 0.25) is 0 Å². The van der Waals surface area contributed by atoms with Crippen molar-refractivity contribution in [3.05, 3.63) is 0 Å². The maximum atomic E-state index is 7.23. The first-order valence-electron chi connectivity index (χ1n) is 3.42. The Hall–Kier alpha value is 0. The smallest absolute Gasteiger partial charge is 0.188 e. The van der Waals surface area contributed by atoms with Gasteiger partial charge in [-0.3, -0.25) is 5.41 Å². The van der Waals surface area contributed by atoms with Gasteiger partial charge in [-0.05, 0) is 12.8 Å². The van der Waals surface area contributed by atoms with Crippen LogP contribution in [0, 0.1) is 5.41 Å². The summed E-state index contributed by atoms with van der Waals surface area (Å²) >= 11 is 2.34. The van der Waals surface area contributed by atoms with E-state index in [2.05, 4.69) is 22.6 Å². The van der Waals surface area contributed by atoms with E-state index in [1.54, 1.807) is 0 Å². The first-order valence-corrected chi connectivity index (χ1v) is 4.95. The highest BCUT2D eigenvalue weighted by atomic mass is 127. The van der Waals surface area contributed by atoms with Crippen molar-refractivity contribution in [2.24, 2.45) is 5.73 Å². The van der Waals surface area contributed by atoms with Gasteiger partial charge in [0.2, 0.25) is 0 Å². The lowest BCUT2D eigenvalue weighted by molar-refractivity contribution is 0.416. The summed E-state index contributed by atoms with van der Waals surface area (Å²) < 4.78 is 1.08. The number of alkyl halides is 1. The molecular formula is C6H12IN3. The third-order valence-corrected chi connectivity index (χ3v) is 2.88. The van der Waals surface area contributed by atoms with E-state index in [1.165, 1.54) is 12.8 Å². The van der Waals surface area contributed by atoms with Crippen molar-refractivity contribution in [3.8, 4) is 0 Å². The van der Waals surface area contributed by atoms with Crippen LogP contribution in [-0.2, 0) is 0 Å². The fourth-order valence-corrected chi connectivity index (χ4v) is 2.23. The van der Waals surface area contributed by atoms with Crippen LogP contribution in [0.1, 0.15) is 12.8 Å². The summed E-state index contributed by atoms with van der Waals surface area (Å²) in [6.45, 7) is 0.975. The third-order valence-electron chi connectivity index (χ3n) is 1.86. The molecule has 0 aromatic carbocycles. The number of nitrogens with one attached hydrogen (secondary N) is 1. The average molecular weight is 253 g/mol. The summed E-state index contributed by atoms with van der Waals surface area (Å²) in [6, 6.07) is 0.526. The zero-order valence-electron chi connectivity index (χ0n) is 5.81. The van der Waals surface area contributed by atoms with Crippen molar-refractivity contribution >= 4 is 28.6 Å². The highest BCUT2D eigenvalue weighted by Gasteiger charge is 2.23. The summed E-state index contributed by atoms with van der Waals surface area (Å²) in [5, 5.41) is 7.23. The molecule has 0 aromatic heterocycles. The molecule has 1 aliphatic heterocycles. The summed E-state index contributed by atoms with van der Waals surface area (Å²) in [4.78, 5) is 1.98. The molecule has 10 heavy (non-hydrogen) atoms. The molecule has 1 heterocycles. The molecule has 1 atom stereocenters. The Morgan fingerprint density at radius 1 is 1.80 bits per heavy atom. The molecular weight excluding hydrogens is 241 g/mol. The van der Waals surface area contributed by atoms with E-state index in [0.29, 0.717) is 6.04 Å². The fraction of sp³-hybridized carbons (Fsp3) is 0.833. The van der Waals surface area contributed by atoms with Crippen molar-refractivity contribution < 1.29 is 0 Å². The van der Waals surface area contributed by atoms with E-state index in [-0.39, 0.29) is 5.96 Å². The van der Waals surface area contributed by atoms with E-state index < -0.39 is 0 Å². The van der Waals surface area contributed by atoms with Crippen LogP contribution in [0.5, 0.6) is 0 Å². The molecule has 0 amide bonds. The van der Waals surface area contributed by atoms with Gasteiger partial charge in [0.05, 0.1) is 0 Å². The molecule has 0 aliphatic carbocycles. The molecule has 1 unspecified atom stereocenters. The lowest BCUT2D eigenvalue weighted by Gasteiger charge is -2.22. The number of nitrogens with zero attached hydrogens (tertiary/aromatic N) is 1. The number of likely N-dealkylation sites (tertiary alicyclic amines) is 1. The van der Waals surface area contributed by atoms with Gasteiger partial charge in [0.25, 0.3) is 0 Å². The number of nitrogens with two attached hydrogens (primary N) is 1. The second kappa shape index (κ2) is 3.41. The normalized spacial score (nSPS) is 25.3. The number of halogens is 1. The summed E-state index contributed by atoms with van der Waals surface area (Å²) in [5.74, 6) is 0.235. The zero-order valence-corrected chi connectivity index (χ0v) is 7.97. The number of hydrogen-bond donors (Lipinski definition) is 2. The van der Waals surface area contributed by atoms with Gasteiger partial charge in [0, 0.05) is 17.0 Å². The second-order valence-corrected chi connectivity index (χ2v) is 3.41. The molecule has 0 bridgehead atoms. The molecule has 0 spiro atoms. The second-order valence-electron chi connectivity index (χ2n) is 2.53. The van der Waals surface area contributed by atoms with Gasteiger partial charge in [0.15, 0.2) is 5.96 Å². The lowest BCUT2D eigenvalue weighted by atomic mass is 10.2. The van der Waals surface area contributed by atoms with E-state index in [4.69, 9.17) is 11.1 Å². The Morgan fingerprint density at radius 3 is 2.90 bits per heavy atom. The number of hydrogen-bond acceptors (Lipinski definition) is 1. The van der Waals surface area contributed by atoms with E-state index >= 15 is 0 Å². The Kier molecular flexibility index (Phi) is 2.76. The Morgan fingerprint density at radius 2 is 2.50 bits per heavy atom. The molecule has 1 fully saturated rings. The van der Waals surface area contributed by atoms with Crippen LogP contribution in [0.3, 0.4) is 0 Å². The SMILES string of the molecule is N=C(N)N1CCCC1CI. The van der Waals surface area contributed by atoms with Crippen LogP contribution >= 0.6 is 22.6 Å². The highest BCUT2D eigenvalue weighted by Crippen LogP contribution is 2.17. The number of guanidine groups is 1. The molecule has 3 N–H and O–H groups in total. The summed E-state index contributed by atoms with van der Waals surface area (Å²) in [6.07, 6.45) is 2.38. The van der Waals surface area contributed by atoms with E-state index in [9.17, 15) is 0 Å². The molecule has 3 nitrogen and oxygen atoms in total. The highest BCUT2D eigenvalue weighted by molar-refractivity contribution is 14.1. The van der Waals surface area contributed by atoms with Gasteiger partial charge in [-0.25, -0.2) is 0 Å². The zero-order chi connectivity index (χ0) is 7.56. The topological polar surface area (TPSA) is 53.1 Å². The molecule has 0 saturated carbocycles. The van der Waals surface area contributed by atoms with Crippen molar-refractivity contribution in [2.45, 2.75) is 18.9 Å². The molecule has 1 saturated heterocycles. The Bertz CT molecular complexity index is 137. The maximum Gasteiger partial charge on any atom is 0.188 e. The van der Waals surface area contributed by atoms with Gasteiger partial charge < -0.3 is 10.6 Å². The first kappa shape index (κ1) is 8.10. The minimum absolute atomic E-state index is 0.235. The van der Waals surface area contributed by atoms with Crippen LogP contribution in [0.25, 0.3) is 0 Å². The van der Waals surface area contributed by atoms with E-state index in [0.717, 1.165) is 11.0 Å². The predicted octanol–water partition coefficient (Wildman–Crippen LogP) is 0.779. The van der Waals surface area contributed by atoms with Crippen LogP contribution in [0.4, 0.5) is 0 Å². The molecule has 0 aromatic rings. The quantitative estimate of drug-likeness (QED) is 0.314. The van der Waals surface area contributed by atoms with Gasteiger partial charge >= 0.3 is 0 Å². The fourth-order valence-electron chi connectivity index (χ4n) is 1.31. The van der Waals surface area contributed by atoms with Gasteiger partial charge in [-0.1, -0.05) is 22.6 Å². The maximum absolute atomic E-state index is 7.23. The number of rotatable bonds is 1. The molecule has 58 valence electrons. The third kappa shape index (κ3) is 1.53. The van der Waals surface area contributed by atoms with Gasteiger partial charge in [-0.15, -0.1) is 0 Å². The van der Waals surface area contributed by atoms with Crippen LogP contribution in [0.15, 0.2) is 0 Å². The van der Waals surface area contributed by atoms with Gasteiger partial charge in [0.1, 0.15) is 0 Å². The first-order chi connectivity index (χ1) is 4.75. The van der Waals surface area contributed by atoms with Crippen molar-refractivity contribution in [1.82, 2.24) is 4.90 Å². The average Bonchev–Trinajstić information content (AvgIpc) is 2.33. The summed E-state index contributed by atoms with van der Waals surface area (Å²) in [7, 11) is 0. The Labute approximate surface area is 74.6 Å². The predicted molar refractivity (Wildman–Crippen MR) is 50.5 cm³/mol. The standard InChI is InChI=1S/C6H12IN3/c7-4-5-2-1-3-10(5)6(8)9/h5H,1-4H2,(H3,8,9). The largest absolute Gasteiger partial charge is 0.370 e. The monoisotopic (exact) mass is 253 g/mol. The minimum Gasteiger partial charge on any atom is -0.370 e. The van der Waals surface area contributed by atoms with Crippen molar-refractivity contribution in [3.63, 3.8) is 0 Å². The minimum atomic E-state index is 0.235. The Balaban J connectivity index is 2.50. The molecule has 1 rings (SSSR count). The van der Waals surface area contributed by atoms with Crippen molar-refractivity contribution in [1.29, 1.82) is 5.41 Å². The molecule has 0 radical (unpaired) electrons. The van der Waals surface area contributed by atoms with Crippen LogP contribution < -0.4 is 5.73 Å². The summed E-state index contributed by atoms with van der Waals surface area (Å²) in [5.41, 5.74) is 5.37. The van der Waals surface area contributed by atoms with Gasteiger partial charge in [-0.2, -0.15) is 0 Å². The van der Waals surface area contributed by atoms with E-state index in [1.807, 2.05) is 4.90 Å². The van der Waals surface area contributed by atoms with Crippen molar-refractivity contribution in [2.75, 3.05) is 11.0 Å². The molecule has 4 heteroatoms. The lowest BCUT2D eigenvalue weighted by Crippen LogP contribution is -2.40.